The molecule has 1 unspecified atom stereocenters. The third-order valence-corrected chi connectivity index (χ3v) is 5.20. The maximum Gasteiger partial charge on any atom is 0.344 e. The van der Waals surface area contributed by atoms with Crippen molar-refractivity contribution in [2.45, 2.75) is 12.8 Å². The van der Waals surface area contributed by atoms with Crippen molar-refractivity contribution >= 4 is 39.5 Å². The van der Waals surface area contributed by atoms with Crippen molar-refractivity contribution in [1.29, 1.82) is 0 Å². The van der Waals surface area contributed by atoms with Crippen LogP contribution in [0.5, 0.6) is 5.75 Å². The highest BCUT2D eigenvalue weighted by molar-refractivity contribution is 14.1. The quantitative estimate of drug-likeness (QED) is 0.343. The number of hydrogen-bond acceptors (Lipinski definition) is 6. The van der Waals surface area contributed by atoms with Crippen LogP contribution < -0.4 is 16.1 Å². The second kappa shape index (κ2) is 7.31. The minimum atomic E-state index is -0.752. The van der Waals surface area contributed by atoms with E-state index in [9.17, 15) is 9.59 Å². The van der Waals surface area contributed by atoms with Gasteiger partial charge in [-0.05, 0) is 59.3 Å². The summed E-state index contributed by atoms with van der Waals surface area (Å²) in [5.74, 6) is -1.15. The number of fused-ring (bicyclic) bond motifs is 3. The summed E-state index contributed by atoms with van der Waals surface area (Å²) < 4.78 is 17.4. The molecule has 0 bridgehead atoms. The average molecular weight is 489 g/mol. The number of carbonyl (C=O) groups excluding carboxylic acids is 1. The predicted octanol–water partition coefficient (Wildman–Crippen LogP) is 3.66. The van der Waals surface area contributed by atoms with E-state index in [4.69, 9.17) is 19.6 Å². The lowest BCUT2D eigenvalue weighted by Crippen LogP contribution is -2.31. The summed E-state index contributed by atoms with van der Waals surface area (Å²) in [5, 5.41) is 0.610. The van der Waals surface area contributed by atoms with Gasteiger partial charge in [0.1, 0.15) is 11.2 Å². The molecule has 3 aromatic rings. The lowest BCUT2D eigenvalue weighted by atomic mass is 9.83. The Labute approximate surface area is 174 Å². The molecule has 2 N–H and O–H groups in total. The van der Waals surface area contributed by atoms with Crippen LogP contribution in [-0.2, 0) is 9.53 Å². The number of halogens is 1. The maximum atomic E-state index is 12.9. The fourth-order valence-electron chi connectivity index (χ4n) is 3.39. The first kappa shape index (κ1) is 18.5. The first-order valence-electron chi connectivity index (χ1n) is 8.67. The van der Waals surface area contributed by atoms with Gasteiger partial charge in [-0.15, -0.1) is 0 Å². The Kier molecular flexibility index (Phi) is 4.84. The Bertz CT molecular complexity index is 1180. The summed E-state index contributed by atoms with van der Waals surface area (Å²) in [6.45, 7) is 1.88. The molecule has 142 valence electrons. The summed E-state index contributed by atoms with van der Waals surface area (Å²) in [6, 6.07) is 14.5. The van der Waals surface area contributed by atoms with Crippen molar-refractivity contribution in [3.63, 3.8) is 0 Å². The van der Waals surface area contributed by atoms with Crippen LogP contribution in [0.15, 0.2) is 69.2 Å². The van der Waals surface area contributed by atoms with Crippen LogP contribution >= 0.6 is 22.6 Å². The van der Waals surface area contributed by atoms with Gasteiger partial charge >= 0.3 is 11.6 Å². The molecular weight excluding hydrogens is 473 g/mol. The van der Waals surface area contributed by atoms with Crippen molar-refractivity contribution in [2.24, 2.45) is 5.73 Å². The van der Waals surface area contributed by atoms with E-state index < -0.39 is 17.5 Å². The monoisotopic (exact) mass is 489 g/mol. The molecule has 1 aliphatic heterocycles. The second-order valence-electron chi connectivity index (χ2n) is 6.22. The number of rotatable bonds is 3. The smallest absolute Gasteiger partial charge is 0.344 e. The Morgan fingerprint density at radius 1 is 1.21 bits per heavy atom. The molecule has 2 aromatic carbocycles. The highest BCUT2D eigenvalue weighted by Gasteiger charge is 2.39. The number of hydrogen-bond donors (Lipinski definition) is 1. The molecule has 6 nitrogen and oxygen atoms in total. The highest BCUT2D eigenvalue weighted by atomic mass is 127. The normalized spacial score (nSPS) is 15.9. The number of carbonyl (C=O) groups is 1. The van der Waals surface area contributed by atoms with Gasteiger partial charge in [0.15, 0.2) is 5.75 Å². The van der Waals surface area contributed by atoms with Crippen molar-refractivity contribution < 1.29 is 18.7 Å². The zero-order chi connectivity index (χ0) is 19.8. The molecule has 7 heteroatoms. The van der Waals surface area contributed by atoms with E-state index in [1.54, 1.807) is 25.1 Å². The zero-order valence-corrected chi connectivity index (χ0v) is 17.1. The Morgan fingerprint density at radius 3 is 2.75 bits per heavy atom. The standard InChI is InChI=1S/C21H16INO5/c1-2-26-20(24)17-15(11-6-5-7-12(22)10-11)16-18(28-19(17)23)13-8-3-4-9-14(13)27-21(16)25/h3-10,15H,2,23H2,1H3. The molecule has 0 aliphatic carbocycles. The minimum absolute atomic E-state index is 0.0782. The molecule has 4 rings (SSSR count). The molecule has 1 aromatic heterocycles. The van der Waals surface area contributed by atoms with E-state index in [-0.39, 0.29) is 23.6 Å². The molecule has 28 heavy (non-hydrogen) atoms. The van der Waals surface area contributed by atoms with Crippen molar-refractivity contribution in [3.8, 4) is 5.75 Å². The van der Waals surface area contributed by atoms with E-state index in [0.29, 0.717) is 16.7 Å². The maximum absolute atomic E-state index is 12.9. The predicted molar refractivity (Wildman–Crippen MR) is 112 cm³/mol. The summed E-state index contributed by atoms with van der Waals surface area (Å²) in [5.41, 5.74) is 7.02. The van der Waals surface area contributed by atoms with Gasteiger partial charge in [0.05, 0.1) is 23.5 Å². The fourth-order valence-corrected chi connectivity index (χ4v) is 3.96. The van der Waals surface area contributed by atoms with Crippen LogP contribution in [0.25, 0.3) is 11.0 Å². The number of para-hydroxylation sites is 1. The minimum Gasteiger partial charge on any atom is -0.462 e. The lowest BCUT2D eigenvalue weighted by molar-refractivity contribution is -0.139. The molecule has 0 amide bonds. The van der Waals surface area contributed by atoms with E-state index in [1.807, 2.05) is 30.3 Å². The summed E-state index contributed by atoms with van der Waals surface area (Å²) in [6.07, 6.45) is 0. The molecule has 0 saturated heterocycles. The Morgan fingerprint density at radius 2 is 2.00 bits per heavy atom. The number of benzene rings is 2. The molecule has 1 aliphatic rings. The summed E-state index contributed by atoms with van der Waals surface area (Å²) in [7, 11) is 0. The van der Waals surface area contributed by atoms with Crippen molar-refractivity contribution in [2.75, 3.05) is 6.61 Å². The van der Waals surface area contributed by atoms with Gasteiger partial charge in [-0.25, -0.2) is 9.59 Å². The summed E-state index contributed by atoms with van der Waals surface area (Å²) in [4.78, 5) is 25.6. The number of nitrogens with two attached hydrogens (primary N) is 1. The van der Waals surface area contributed by atoms with Gasteiger partial charge in [0.2, 0.25) is 5.88 Å². The average Bonchev–Trinajstić information content (AvgIpc) is 2.67. The second-order valence-corrected chi connectivity index (χ2v) is 7.46. The molecule has 1 atom stereocenters. The van der Waals surface area contributed by atoms with Gasteiger partial charge in [0.25, 0.3) is 0 Å². The van der Waals surface area contributed by atoms with Crippen LogP contribution in [0.1, 0.15) is 24.0 Å². The zero-order valence-electron chi connectivity index (χ0n) is 14.9. The topological polar surface area (TPSA) is 91.8 Å². The van der Waals surface area contributed by atoms with Crippen molar-refractivity contribution in [3.05, 3.63) is 85.1 Å². The third-order valence-electron chi connectivity index (χ3n) is 4.53. The Balaban J connectivity index is 2.05. The van der Waals surface area contributed by atoms with Gasteiger partial charge < -0.3 is 19.6 Å². The first-order valence-corrected chi connectivity index (χ1v) is 9.75. The largest absolute Gasteiger partial charge is 0.462 e. The molecule has 0 radical (unpaired) electrons. The lowest BCUT2D eigenvalue weighted by Gasteiger charge is -2.28. The molecular formula is C21H16INO5. The number of ether oxygens (including phenoxy) is 2. The fraction of sp³-hybridized carbons (Fsp3) is 0.143. The molecule has 0 fully saturated rings. The Hall–Kier alpha value is -2.81. The molecule has 0 saturated carbocycles. The van der Waals surface area contributed by atoms with E-state index in [0.717, 1.165) is 9.13 Å². The SMILES string of the molecule is CCOC(=O)C1=C(N)Oc2c(c(=O)oc3ccccc23)C1c1cccc(I)c1. The van der Waals surface area contributed by atoms with Crippen LogP contribution in [0.4, 0.5) is 0 Å². The van der Waals surface area contributed by atoms with Crippen LogP contribution in [-0.4, -0.2) is 12.6 Å². The van der Waals surface area contributed by atoms with Crippen LogP contribution in [0, 0.1) is 3.57 Å². The summed E-state index contributed by atoms with van der Waals surface area (Å²) >= 11 is 2.17. The van der Waals surface area contributed by atoms with Gasteiger partial charge in [-0.1, -0.05) is 24.3 Å². The van der Waals surface area contributed by atoms with Gasteiger partial charge in [-0.2, -0.15) is 0 Å². The van der Waals surface area contributed by atoms with Gasteiger partial charge in [-0.3, -0.25) is 0 Å². The van der Waals surface area contributed by atoms with E-state index in [1.165, 1.54) is 0 Å². The third kappa shape index (κ3) is 3.05. The molecule has 2 heterocycles. The first-order chi connectivity index (χ1) is 13.5. The van der Waals surface area contributed by atoms with Crippen LogP contribution in [0.3, 0.4) is 0 Å². The van der Waals surface area contributed by atoms with E-state index >= 15 is 0 Å². The molecule has 0 spiro atoms. The van der Waals surface area contributed by atoms with E-state index in [2.05, 4.69) is 22.6 Å². The van der Waals surface area contributed by atoms with Gasteiger partial charge in [0, 0.05) is 3.57 Å². The number of esters is 1. The van der Waals surface area contributed by atoms with Crippen molar-refractivity contribution in [1.82, 2.24) is 0 Å². The van der Waals surface area contributed by atoms with Crippen LogP contribution in [0.2, 0.25) is 0 Å². The highest BCUT2D eigenvalue weighted by Crippen LogP contribution is 2.44.